The van der Waals surface area contributed by atoms with E-state index in [1.165, 1.54) is 24.0 Å². The first kappa shape index (κ1) is 15.2. The van der Waals surface area contributed by atoms with Gasteiger partial charge in [0.05, 0.1) is 0 Å². The van der Waals surface area contributed by atoms with Crippen LogP contribution in [0.1, 0.15) is 50.8 Å². The third kappa shape index (κ3) is 3.82. The Morgan fingerprint density at radius 3 is 2.22 bits per heavy atom. The predicted octanol–water partition coefficient (Wildman–Crippen LogP) is 3.37. The molecule has 0 fully saturated rings. The van der Waals surface area contributed by atoms with Crippen LogP contribution < -0.4 is 5.73 Å². The van der Waals surface area contributed by atoms with Crippen LogP contribution in [0.25, 0.3) is 0 Å². The summed E-state index contributed by atoms with van der Waals surface area (Å²) in [6.07, 6.45) is 3.53. The second-order valence-electron chi connectivity index (χ2n) is 5.15. The summed E-state index contributed by atoms with van der Waals surface area (Å²) in [5, 5.41) is 0. The molecular formula is C16H28N2. The maximum absolute atomic E-state index is 5.97. The van der Waals surface area contributed by atoms with E-state index >= 15 is 0 Å². The fourth-order valence-corrected chi connectivity index (χ4v) is 2.44. The second kappa shape index (κ2) is 7.55. The van der Waals surface area contributed by atoms with Gasteiger partial charge in [-0.1, -0.05) is 44.5 Å². The van der Waals surface area contributed by atoms with E-state index < -0.39 is 0 Å². The lowest BCUT2D eigenvalue weighted by Crippen LogP contribution is -2.37. The monoisotopic (exact) mass is 248 g/mol. The van der Waals surface area contributed by atoms with Gasteiger partial charge < -0.3 is 5.73 Å². The van der Waals surface area contributed by atoms with Crippen molar-refractivity contribution in [3.8, 4) is 0 Å². The highest BCUT2D eigenvalue weighted by atomic mass is 15.2. The molecule has 0 aromatic heterocycles. The fraction of sp³-hybridized carbons (Fsp3) is 0.625. The van der Waals surface area contributed by atoms with E-state index in [9.17, 15) is 0 Å². The van der Waals surface area contributed by atoms with E-state index in [2.05, 4.69) is 57.0 Å². The van der Waals surface area contributed by atoms with Crippen molar-refractivity contribution in [2.75, 3.05) is 13.6 Å². The highest BCUT2D eigenvalue weighted by Gasteiger charge is 2.19. The lowest BCUT2D eigenvalue weighted by atomic mass is 10.0. The van der Waals surface area contributed by atoms with E-state index in [1.54, 1.807) is 0 Å². The first-order valence-electron chi connectivity index (χ1n) is 7.14. The zero-order valence-corrected chi connectivity index (χ0v) is 12.3. The average Bonchev–Trinajstić information content (AvgIpc) is 2.40. The van der Waals surface area contributed by atoms with Crippen LogP contribution in [-0.4, -0.2) is 24.5 Å². The molecule has 2 N–H and O–H groups in total. The highest BCUT2D eigenvalue weighted by molar-refractivity contribution is 5.25. The lowest BCUT2D eigenvalue weighted by molar-refractivity contribution is 0.180. The van der Waals surface area contributed by atoms with E-state index in [1.807, 2.05) is 0 Å². The van der Waals surface area contributed by atoms with E-state index in [0.717, 1.165) is 6.42 Å². The van der Waals surface area contributed by atoms with Crippen molar-refractivity contribution in [2.45, 2.75) is 52.1 Å². The normalized spacial score (nSPS) is 14.8. The van der Waals surface area contributed by atoms with Gasteiger partial charge in [0, 0.05) is 18.6 Å². The molecule has 0 saturated heterocycles. The molecule has 2 atom stereocenters. The Morgan fingerprint density at radius 2 is 1.78 bits per heavy atom. The molecule has 0 radical (unpaired) electrons. The van der Waals surface area contributed by atoms with Gasteiger partial charge >= 0.3 is 0 Å². The molecule has 1 aromatic carbocycles. The molecule has 0 heterocycles. The van der Waals surface area contributed by atoms with Gasteiger partial charge in [-0.2, -0.15) is 0 Å². The Labute approximate surface area is 112 Å². The summed E-state index contributed by atoms with van der Waals surface area (Å²) < 4.78 is 0. The first-order chi connectivity index (χ1) is 8.63. The van der Waals surface area contributed by atoms with Gasteiger partial charge in [-0.3, -0.25) is 4.90 Å². The van der Waals surface area contributed by atoms with Gasteiger partial charge in [0.2, 0.25) is 0 Å². The van der Waals surface area contributed by atoms with Gasteiger partial charge in [-0.25, -0.2) is 0 Å². The molecule has 1 aromatic rings. The predicted molar refractivity (Wildman–Crippen MR) is 79.7 cm³/mol. The lowest BCUT2D eigenvalue weighted by Gasteiger charge is -2.32. The minimum absolute atomic E-state index is 0.331. The van der Waals surface area contributed by atoms with Crippen molar-refractivity contribution in [1.82, 2.24) is 4.90 Å². The summed E-state index contributed by atoms with van der Waals surface area (Å²) in [6.45, 7) is 7.38. The summed E-state index contributed by atoms with van der Waals surface area (Å²) in [5.41, 5.74) is 8.69. The Kier molecular flexibility index (Phi) is 6.37. The SMILES string of the molecule is CCCC(C)N(C)C(CN)c1ccc(CC)cc1. The van der Waals surface area contributed by atoms with E-state index in [0.29, 0.717) is 18.6 Å². The Hall–Kier alpha value is -0.860. The molecule has 0 aliphatic carbocycles. The molecule has 0 saturated carbocycles. The van der Waals surface area contributed by atoms with Crippen LogP contribution in [0.4, 0.5) is 0 Å². The zero-order valence-electron chi connectivity index (χ0n) is 12.3. The number of nitrogens with two attached hydrogens (primary N) is 1. The highest BCUT2D eigenvalue weighted by Crippen LogP contribution is 2.22. The maximum atomic E-state index is 5.97. The summed E-state index contributed by atoms with van der Waals surface area (Å²) in [5.74, 6) is 0. The van der Waals surface area contributed by atoms with Crippen molar-refractivity contribution in [3.63, 3.8) is 0 Å². The molecule has 2 unspecified atom stereocenters. The molecular weight excluding hydrogens is 220 g/mol. The smallest absolute Gasteiger partial charge is 0.0470 e. The summed E-state index contributed by atoms with van der Waals surface area (Å²) in [7, 11) is 2.19. The molecule has 1 rings (SSSR count). The third-order valence-corrected chi connectivity index (χ3v) is 3.89. The topological polar surface area (TPSA) is 29.3 Å². The molecule has 0 aliphatic heterocycles. The van der Waals surface area contributed by atoms with Gasteiger partial charge in [-0.05, 0) is 37.9 Å². The molecule has 0 amide bonds. The Balaban J connectivity index is 2.80. The number of hydrogen-bond acceptors (Lipinski definition) is 2. The molecule has 2 heteroatoms. The minimum Gasteiger partial charge on any atom is -0.329 e. The molecule has 0 spiro atoms. The van der Waals surface area contributed by atoms with Crippen LogP contribution in [0.2, 0.25) is 0 Å². The average molecular weight is 248 g/mol. The summed E-state index contributed by atoms with van der Waals surface area (Å²) in [4.78, 5) is 2.41. The van der Waals surface area contributed by atoms with E-state index in [4.69, 9.17) is 5.73 Å². The molecule has 18 heavy (non-hydrogen) atoms. The van der Waals surface area contributed by atoms with Crippen LogP contribution in [0.5, 0.6) is 0 Å². The standard InChI is InChI=1S/C16H28N2/c1-5-7-13(3)18(4)16(12-17)15-10-8-14(6-2)9-11-15/h8-11,13,16H,5-7,12,17H2,1-4H3. The zero-order chi connectivity index (χ0) is 13.5. The maximum Gasteiger partial charge on any atom is 0.0470 e. The van der Waals surface area contributed by atoms with Crippen LogP contribution in [-0.2, 0) is 6.42 Å². The first-order valence-corrected chi connectivity index (χ1v) is 7.14. The summed E-state index contributed by atoms with van der Waals surface area (Å²) in [6, 6.07) is 9.80. The second-order valence-corrected chi connectivity index (χ2v) is 5.15. The Morgan fingerprint density at radius 1 is 1.17 bits per heavy atom. The van der Waals surface area contributed by atoms with Crippen molar-refractivity contribution in [3.05, 3.63) is 35.4 Å². The number of aryl methyl sites for hydroxylation is 1. The van der Waals surface area contributed by atoms with Gasteiger partial charge in [0.1, 0.15) is 0 Å². The molecule has 0 aliphatic rings. The number of nitrogens with zero attached hydrogens (tertiary/aromatic N) is 1. The van der Waals surface area contributed by atoms with Crippen molar-refractivity contribution in [2.24, 2.45) is 5.73 Å². The number of benzene rings is 1. The number of hydrogen-bond donors (Lipinski definition) is 1. The van der Waals surface area contributed by atoms with Crippen molar-refractivity contribution >= 4 is 0 Å². The fourth-order valence-electron chi connectivity index (χ4n) is 2.44. The quantitative estimate of drug-likeness (QED) is 0.801. The minimum atomic E-state index is 0.331. The van der Waals surface area contributed by atoms with E-state index in [-0.39, 0.29) is 0 Å². The summed E-state index contributed by atoms with van der Waals surface area (Å²) >= 11 is 0. The number of rotatable bonds is 7. The van der Waals surface area contributed by atoms with Crippen molar-refractivity contribution in [1.29, 1.82) is 0 Å². The van der Waals surface area contributed by atoms with Crippen LogP contribution in [0.3, 0.4) is 0 Å². The molecule has 102 valence electrons. The van der Waals surface area contributed by atoms with Gasteiger partial charge in [0.15, 0.2) is 0 Å². The van der Waals surface area contributed by atoms with Crippen LogP contribution in [0.15, 0.2) is 24.3 Å². The van der Waals surface area contributed by atoms with Crippen LogP contribution >= 0.6 is 0 Å². The van der Waals surface area contributed by atoms with Crippen LogP contribution in [0, 0.1) is 0 Å². The number of likely N-dealkylation sites (N-methyl/N-ethyl adjacent to an activating group) is 1. The molecule has 2 nitrogen and oxygen atoms in total. The van der Waals surface area contributed by atoms with Crippen molar-refractivity contribution < 1.29 is 0 Å². The van der Waals surface area contributed by atoms with Gasteiger partial charge in [-0.15, -0.1) is 0 Å². The third-order valence-electron chi connectivity index (χ3n) is 3.89. The largest absolute Gasteiger partial charge is 0.329 e. The molecule has 0 bridgehead atoms. The Bertz CT molecular complexity index is 331. The van der Waals surface area contributed by atoms with Gasteiger partial charge in [0.25, 0.3) is 0 Å².